The van der Waals surface area contributed by atoms with Crippen LogP contribution in [0.4, 0.5) is 5.82 Å². The van der Waals surface area contributed by atoms with E-state index in [1.807, 2.05) is 6.07 Å². The highest BCUT2D eigenvalue weighted by atomic mass is 35.5. The molecule has 0 aromatic carbocycles. The van der Waals surface area contributed by atoms with Gasteiger partial charge in [0.2, 0.25) is 5.88 Å². The summed E-state index contributed by atoms with van der Waals surface area (Å²) in [6.45, 7) is 3.93. The van der Waals surface area contributed by atoms with Crippen molar-refractivity contribution in [3.8, 4) is 23.2 Å². The minimum absolute atomic E-state index is 0.252. The largest absolute Gasteiger partial charge is 0.476 e. The summed E-state index contributed by atoms with van der Waals surface area (Å²) >= 11 is 6.49. The lowest BCUT2D eigenvalue weighted by Gasteiger charge is -2.31. The Labute approximate surface area is 217 Å². The molecule has 9 nitrogen and oxygen atoms in total. The summed E-state index contributed by atoms with van der Waals surface area (Å²) in [5.41, 5.74) is 1.39. The van der Waals surface area contributed by atoms with Gasteiger partial charge in [-0.1, -0.05) is 11.6 Å². The number of anilines is 1. The Balaban J connectivity index is 1.34. The summed E-state index contributed by atoms with van der Waals surface area (Å²) in [5.74, 6) is 1.46. The van der Waals surface area contributed by atoms with Crippen molar-refractivity contribution in [1.82, 2.24) is 20.3 Å². The molecule has 0 amide bonds. The first kappa shape index (κ1) is 26.6. The van der Waals surface area contributed by atoms with Gasteiger partial charge < -0.3 is 24.8 Å². The second-order valence-electron chi connectivity index (χ2n) is 9.70. The van der Waals surface area contributed by atoms with Gasteiger partial charge in [0.25, 0.3) is 0 Å². The van der Waals surface area contributed by atoms with E-state index in [0.29, 0.717) is 54.4 Å². The smallest absolute Gasteiger partial charge is 0.232 e. The van der Waals surface area contributed by atoms with Crippen molar-refractivity contribution in [1.29, 1.82) is 5.26 Å². The fourth-order valence-corrected chi connectivity index (χ4v) is 5.09. The summed E-state index contributed by atoms with van der Waals surface area (Å²) in [6, 6.07) is 5.34. The molecule has 1 aliphatic heterocycles. The third kappa shape index (κ3) is 7.50. The molecule has 2 fully saturated rings. The molecule has 2 unspecified atom stereocenters. The number of nitriles is 1. The number of rotatable bonds is 10. The fraction of sp³-hybridized carbons (Fsp3) is 0.615. The van der Waals surface area contributed by atoms with Gasteiger partial charge in [-0.15, -0.1) is 0 Å². The van der Waals surface area contributed by atoms with Gasteiger partial charge in [-0.25, -0.2) is 9.97 Å². The SMILES string of the molecule is COC[C@@H](C)NC1CCC(Nc2cc(-c3cncc(OCC4CCOC(C#N)C4)n3)c(Cl)cn2)CC1. The molecule has 0 spiro atoms. The van der Waals surface area contributed by atoms with E-state index in [4.69, 9.17) is 31.1 Å². The van der Waals surface area contributed by atoms with Gasteiger partial charge in [0.15, 0.2) is 0 Å². The highest BCUT2D eigenvalue weighted by molar-refractivity contribution is 6.33. The quantitative estimate of drug-likeness (QED) is 0.480. The minimum atomic E-state index is -0.364. The number of aromatic nitrogens is 3. The van der Waals surface area contributed by atoms with Gasteiger partial charge >= 0.3 is 0 Å². The summed E-state index contributed by atoms with van der Waals surface area (Å²) < 4.78 is 16.6. The van der Waals surface area contributed by atoms with Crippen LogP contribution in [0.1, 0.15) is 45.4 Å². The Morgan fingerprint density at radius 1 is 1.19 bits per heavy atom. The van der Waals surface area contributed by atoms with Crippen molar-refractivity contribution >= 4 is 17.4 Å². The third-order valence-corrected chi connectivity index (χ3v) is 7.06. The van der Waals surface area contributed by atoms with Gasteiger partial charge in [0.05, 0.1) is 42.4 Å². The average molecular weight is 515 g/mol. The average Bonchev–Trinajstić information content (AvgIpc) is 2.90. The highest BCUT2D eigenvalue weighted by Gasteiger charge is 2.24. The molecule has 1 aliphatic carbocycles. The van der Waals surface area contributed by atoms with Crippen LogP contribution in [0.2, 0.25) is 5.02 Å². The number of methoxy groups -OCH3 is 1. The molecule has 3 heterocycles. The van der Waals surface area contributed by atoms with Crippen LogP contribution in [-0.2, 0) is 9.47 Å². The molecular weight excluding hydrogens is 480 g/mol. The molecule has 194 valence electrons. The van der Waals surface area contributed by atoms with Crippen molar-refractivity contribution < 1.29 is 14.2 Å². The third-order valence-electron chi connectivity index (χ3n) is 6.76. The fourth-order valence-electron chi connectivity index (χ4n) is 4.89. The predicted molar refractivity (Wildman–Crippen MR) is 138 cm³/mol. The molecule has 3 atom stereocenters. The molecule has 4 rings (SSSR count). The molecule has 36 heavy (non-hydrogen) atoms. The van der Waals surface area contributed by atoms with Crippen LogP contribution in [0.5, 0.6) is 5.88 Å². The number of nitrogens with zero attached hydrogens (tertiary/aromatic N) is 4. The zero-order chi connectivity index (χ0) is 25.3. The van der Waals surface area contributed by atoms with Gasteiger partial charge in [-0.3, -0.25) is 4.98 Å². The lowest BCUT2D eigenvalue weighted by atomic mass is 9.90. The maximum atomic E-state index is 9.10. The van der Waals surface area contributed by atoms with Crippen LogP contribution in [0.3, 0.4) is 0 Å². The molecule has 1 saturated heterocycles. The molecule has 2 aromatic heterocycles. The number of hydrogen-bond acceptors (Lipinski definition) is 9. The summed E-state index contributed by atoms with van der Waals surface area (Å²) in [6.07, 6.45) is 10.4. The van der Waals surface area contributed by atoms with Gasteiger partial charge in [0, 0.05) is 43.6 Å². The first-order valence-corrected chi connectivity index (χ1v) is 13.0. The van der Waals surface area contributed by atoms with E-state index in [0.717, 1.165) is 50.1 Å². The van der Waals surface area contributed by atoms with E-state index in [9.17, 15) is 0 Å². The Bertz CT molecular complexity index is 1030. The van der Waals surface area contributed by atoms with Crippen molar-refractivity contribution in [2.75, 3.05) is 32.2 Å². The highest BCUT2D eigenvalue weighted by Crippen LogP contribution is 2.30. The van der Waals surface area contributed by atoms with Crippen LogP contribution in [0, 0.1) is 17.2 Å². The normalized spacial score (nSPS) is 25.1. The van der Waals surface area contributed by atoms with E-state index >= 15 is 0 Å². The Morgan fingerprint density at radius 3 is 2.78 bits per heavy atom. The Kier molecular flexibility index (Phi) is 9.70. The molecule has 2 aromatic rings. The van der Waals surface area contributed by atoms with Crippen molar-refractivity contribution in [3.63, 3.8) is 0 Å². The molecule has 2 N–H and O–H groups in total. The van der Waals surface area contributed by atoms with Crippen molar-refractivity contribution in [3.05, 3.63) is 29.7 Å². The maximum absolute atomic E-state index is 9.10. The molecular formula is C26H35ClN6O3. The van der Waals surface area contributed by atoms with E-state index in [-0.39, 0.29) is 12.0 Å². The number of hydrogen-bond donors (Lipinski definition) is 2. The van der Waals surface area contributed by atoms with Gasteiger partial charge in [-0.2, -0.15) is 5.26 Å². The standard InChI is InChI=1S/C26H35ClN6O3/c1-17(15-34-2)31-19-3-5-20(6-4-19)32-25-10-22(23(27)12-30-25)24-13-29-14-26(33-24)36-16-18-7-8-35-21(9-18)11-28/h10,12-14,17-21,31H,3-9,15-16H2,1-2H3,(H,30,32)/t17-,18?,19?,20?,21?/m1/s1. The van der Waals surface area contributed by atoms with Gasteiger partial charge in [-0.05, 0) is 57.4 Å². The lowest BCUT2D eigenvalue weighted by molar-refractivity contribution is 0.0111. The molecule has 1 saturated carbocycles. The monoisotopic (exact) mass is 514 g/mol. The zero-order valence-corrected chi connectivity index (χ0v) is 21.7. The molecule has 0 radical (unpaired) electrons. The van der Waals surface area contributed by atoms with E-state index in [1.165, 1.54) is 0 Å². The summed E-state index contributed by atoms with van der Waals surface area (Å²) in [4.78, 5) is 13.4. The van der Waals surface area contributed by atoms with E-state index in [2.05, 4.69) is 38.6 Å². The first-order chi connectivity index (χ1) is 17.5. The van der Waals surface area contributed by atoms with Crippen molar-refractivity contribution in [2.24, 2.45) is 5.92 Å². The van der Waals surface area contributed by atoms with Gasteiger partial charge in [0.1, 0.15) is 11.9 Å². The van der Waals surface area contributed by atoms with Crippen LogP contribution < -0.4 is 15.4 Å². The lowest BCUT2D eigenvalue weighted by Crippen LogP contribution is -2.42. The second-order valence-corrected chi connectivity index (χ2v) is 10.1. The topological polar surface area (TPSA) is 114 Å². The first-order valence-electron chi connectivity index (χ1n) is 12.7. The van der Waals surface area contributed by atoms with Crippen LogP contribution in [-0.4, -0.2) is 66.1 Å². The van der Waals surface area contributed by atoms with Crippen molar-refractivity contribution in [2.45, 2.75) is 69.7 Å². The van der Waals surface area contributed by atoms with Crippen LogP contribution in [0.25, 0.3) is 11.3 Å². The number of halogens is 1. The molecule has 0 bridgehead atoms. The Morgan fingerprint density at radius 2 is 2.00 bits per heavy atom. The minimum Gasteiger partial charge on any atom is -0.476 e. The number of ether oxygens (including phenoxy) is 3. The van der Waals surface area contributed by atoms with Crippen LogP contribution in [0.15, 0.2) is 24.7 Å². The Hall–Kier alpha value is -2.51. The molecule has 10 heteroatoms. The van der Waals surface area contributed by atoms with Crippen LogP contribution >= 0.6 is 11.6 Å². The number of pyridine rings is 1. The predicted octanol–water partition coefficient (Wildman–Crippen LogP) is 4.24. The molecule has 2 aliphatic rings. The number of nitrogens with one attached hydrogen (secondary N) is 2. The maximum Gasteiger partial charge on any atom is 0.232 e. The van der Waals surface area contributed by atoms with E-state index in [1.54, 1.807) is 25.7 Å². The summed E-state index contributed by atoms with van der Waals surface area (Å²) in [5, 5.41) is 16.8. The van der Waals surface area contributed by atoms with E-state index < -0.39 is 0 Å². The zero-order valence-electron chi connectivity index (χ0n) is 21.0. The summed E-state index contributed by atoms with van der Waals surface area (Å²) in [7, 11) is 1.74. The second kappa shape index (κ2) is 13.2.